The third-order valence-corrected chi connectivity index (χ3v) is 3.47. The Hall–Kier alpha value is -1.39. The van der Waals surface area contributed by atoms with Crippen LogP contribution in [0.3, 0.4) is 0 Å². The van der Waals surface area contributed by atoms with Crippen molar-refractivity contribution in [1.29, 1.82) is 0 Å². The third-order valence-electron chi connectivity index (χ3n) is 3.47. The molecule has 4 nitrogen and oxygen atoms in total. The summed E-state index contributed by atoms with van der Waals surface area (Å²) in [7, 11) is 1.64. The Balaban J connectivity index is 1.84. The first-order chi connectivity index (χ1) is 9.31. The molecule has 0 radical (unpaired) electrons. The Morgan fingerprint density at radius 2 is 2.05 bits per heavy atom. The van der Waals surface area contributed by atoms with E-state index in [1.807, 2.05) is 24.3 Å². The summed E-state index contributed by atoms with van der Waals surface area (Å²) in [5.41, 5.74) is 1.65. The first-order valence-corrected chi connectivity index (χ1v) is 6.88. The van der Waals surface area contributed by atoms with Crippen molar-refractivity contribution >= 4 is 5.91 Å². The molecule has 1 N–H and O–H groups in total. The average Bonchev–Trinajstić information content (AvgIpc) is 2.93. The number of carbonyl (C=O) groups is 1. The van der Waals surface area contributed by atoms with E-state index in [2.05, 4.69) is 10.2 Å². The van der Waals surface area contributed by atoms with E-state index in [1.165, 1.54) is 12.8 Å². The molecule has 0 bridgehead atoms. The zero-order valence-electron chi connectivity index (χ0n) is 11.5. The van der Waals surface area contributed by atoms with Gasteiger partial charge in [0.25, 0.3) is 5.91 Å². The van der Waals surface area contributed by atoms with Gasteiger partial charge in [0, 0.05) is 25.8 Å². The van der Waals surface area contributed by atoms with E-state index < -0.39 is 0 Å². The van der Waals surface area contributed by atoms with Crippen LogP contribution in [0.15, 0.2) is 24.3 Å². The largest absolute Gasteiger partial charge is 0.380 e. The Kier molecular flexibility index (Phi) is 5.36. The molecule has 2 rings (SSSR count). The van der Waals surface area contributed by atoms with Gasteiger partial charge in [-0.2, -0.15) is 0 Å². The van der Waals surface area contributed by atoms with Crippen LogP contribution < -0.4 is 5.32 Å². The lowest BCUT2D eigenvalue weighted by Crippen LogP contribution is -2.33. The van der Waals surface area contributed by atoms with Gasteiger partial charge >= 0.3 is 0 Å². The molecule has 1 aromatic carbocycles. The van der Waals surface area contributed by atoms with Crippen LogP contribution in [-0.4, -0.2) is 44.1 Å². The van der Waals surface area contributed by atoms with Crippen molar-refractivity contribution in [2.24, 2.45) is 0 Å². The topological polar surface area (TPSA) is 41.6 Å². The summed E-state index contributed by atoms with van der Waals surface area (Å²) < 4.78 is 5.12. The summed E-state index contributed by atoms with van der Waals surface area (Å²) in [4.78, 5) is 14.5. The second-order valence-corrected chi connectivity index (χ2v) is 4.89. The van der Waals surface area contributed by atoms with Gasteiger partial charge in [0.2, 0.25) is 0 Å². The lowest BCUT2D eigenvalue weighted by molar-refractivity contribution is 0.0945. The molecule has 1 heterocycles. The molecule has 0 unspecified atom stereocenters. The fourth-order valence-corrected chi connectivity index (χ4v) is 2.45. The molecule has 0 saturated carbocycles. The molecule has 0 atom stereocenters. The molecule has 1 saturated heterocycles. The van der Waals surface area contributed by atoms with Crippen LogP contribution in [0.5, 0.6) is 0 Å². The van der Waals surface area contributed by atoms with Crippen LogP contribution in [0.1, 0.15) is 28.8 Å². The number of hydrogen-bond donors (Lipinski definition) is 1. The van der Waals surface area contributed by atoms with Crippen LogP contribution in [0.2, 0.25) is 0 Å². The molecule has 1 amide bonds. The van der Waals surface area contributed by atoms with Crippen molar-refractivity contribution in [2.75, 3.05) is 33.3 Å². The highest BCUT2D eigenvalue weighted by molar-refractivity contribution is 5.95. The Labute approximate surface area is 114 Å². The highest BCUT2D eigenvalue weighted by Crippen LogP contribution is 2.10. The van der Waals surface area contributed by atoms with Crippen molar-refractivity contribution in [3.8, 4) is 0 Å². The number of methoxy groups -OCH3 is 1. The maximum absolute atomic E-state index is 12.1. The standard InChI is InChI=1S/C15H22N2O2/c1-19-12-13-6-2-3-7-14(13)15(18)16-8-11-17-9-4-5-10-17/h2-3,6-7H,4-5,8-12H2,1H3,(H,16,18). The minimum absolute atomic E-state index is 0.00755. The number of benzene rings is 1. The monoisotopic (exact) mass is 262 g/mol. The third kappa shape index (κ3) is 4.04. The molecule has 104 valence electrons. The SMILES string of the molecule is COCc1ccccc1C(=O)NCCN1CCCC1. The van der Waals surface area contributed by atoms with Gasteiger partial charge in [0.1, 0.15) is 0 Å². The molecule has 0 aliphatic carbocycles. The number of rotatable bonds is 6. The summed E-state index contributed by atoms with van der Waals surface area (Å²) in [5.74, 6) is -0.00755. The van der Waals surface area contributed by atoms with Crippen LogP contribution in [0.4, 0.5) is 0 Å². The summed E-state index contributed by atoms with van der Waals surface area (Å²) in [6.45, 7) is 4.44. The average molecular weight is 262 g/mol. The van der Waals surface area contributed by atoms with Crippen LogP contribution in [-0.2, 0) is 11.3 Å². The molecule has 1 fully saturated rings. The number of nitrogens with zero attached hydrogens (tertiary/aromatic N) is 1. The fraction of sp³-hybridized carbons (Fsp3) is 0.533. The second kappa shape index (κ2) is 7.26. The molecule has 4 heteroatoms. The Bertz CT molecular complexity index is 414. The van der Waals surface area contributed by atoms with Crippen LogP contribution >= 0.6 is 0 Å². The zero-order chi connectivity index (χ0) is 13.5. The molecule has 1 aliphatic rings. The summed E-state index contributed by atoms with van der Waals surface area (Å²) in [6.07, 6.45) is 2.56. The van der Waals surface area contributed by atoms with Crippen molar-refractivity contribution < 1.29 is 9.53 Å². The van der Waals surface area contributed by atoms with Crippen molar-refractivity contribution in [3.63, 3.8) is 0 Å². The quantitative estimate of drug-likeness (QED) is 0.847. The smallest absolute Gasteiger partial charge is 0.251 e. The van der Waals surface area contributed by atoms with Gasteiger partial charge in [-0.15, -0.1) is 0 Å². The summed E-state index contributed by atoms with van der Waals surface area (Å²) in [5, 5.41) is 2.99. The van der Waals surface area contributed by atoms with Gasteiger partial charge in [0.05, 0.1) is 6.61 Å². The first-order valence-electron chi connectivity index (χ1n) is 6.88. The summed E-state index contributed by atoms with van der Waals surface area (Å²) in [6, 6.07) is 7.59. The summed E-state index contributed by atoms with van der Waals surface area (Å²) >= 11 is 0. The Morgan fingerprint density at radius 1 is 1.32 bits per heavy atom. The van der Waals surface area contributed by atoms with E-state index in [4.69, 9.17) is 4.74 Å². The number of nitrogens with one attached hydrogen (secondary N) is 1. The van der Waals surface area contributed by atoms with Crippen LogP contribution in [0, 0.1) is 0 Å². The minimum Gasteiger partial charge on any atom is -0.380 e. The molecule has 1 aromatic rings. The van der Waals surface area contributed by atoms with Crippen LogP contribution in [0.25, 0.3) is 0 Å². The number of hydrogen-bond acceptors (Lipinski definition) is 3. The molecule has 1 aliphatic heterocycles. The molecular formula is C15H22N2O2. The van der Waals surface area contributed by atoms with Crippen molar-refractivity contribution in [2.45, 2.75) is 19.4 Å². The van der Waals surface area contributed by atoms with E-state index in [0.29, 0.717) is 18.7 Å². The van der Waals surface area contributed by atoms with Gasteiger partial charge < -0.3 is 15.0 Å². The maximum Gasteiger partial charge on any atom is 0.251 e. The predicted molar refractivity (Wildman–Crippen MR) is 75.2 cm³/mol. The van der Waals surface area contributed by atoms with E-state index in [-0.39, 0.29) is 5.91 Å². The lowest BCUT2D eigenvalue weighted by atomic mass is 10.1. The van der Waals surface area contributed by atoms with E-state index in [0.717, 1.165) is 25.2 Å². The maximum atomic E-state index is 12.1. The van der Waals surface area contributed by atoms with E-state index in [9.17, 15) is 4.79 Å². The normalized spacial score (nSPS) is 15.6. The van der Waals surface area contributed by atoms with Gasteiger partial charge in [-0.25, -0.2) is 0 Å². The number of amides is 1. The van der Waals surface area contributed by atoms with Gasteiger partial charge in [-0.05, 0) is 37.6 Å². The number of carbonyl (C=O) groups excluding carboxylic acids is 1. The highest BCUT2D eigenvalue weighted by atomic mass is 16.5. The zero-order valence-corrected chi connectivity index (χ0v) is 11.5. The van der Waals surface area contributed by atoms with Crippen molar-refractivity contribution in [1.82, 2.24) is 10.2 Å². The molecule has 0 aromatic heterocycles. The Morgan fingerprint density at radius 3 is 2.79 bits per heavy atom. The first kappa shape index (κ1) is 14.0. The fourth-order valence-electron chi connectivity index (χ4n) is 2.45. The second-order valence-electron chi connectivity index (χ2n) is 4.89. The minimum atomic E-state index is -0.00755. The molecule has 19 heavy (non-hydrogen) atoms. The predicted octanol–water partition coefficient (Wildman–Crippen LogP) is 1.66. The van der Waals surface area contributed by atoms with Gasteiger partial charge in [0.15, 0.2) is 0 Å². The van der Waals surface area contributed by atoms with E-state index >= 15 is 0 Å². The lowest BCUT2D eigenvalue weighted by Gasteiger charge is -2.15. The highest BCUT2D eigenvalue weighted by Gasteiger charge is 2.13. The van der Waals surface area contributed by atoms with Gasteiger partial charge in [-0.1, -0.05) is 18.2 Å². The number of likely N-dealkylation sites (tertiary alicyclic amines) is 1. The molecule has 0 spiro atoms. The van der Waals surface area contributed by atoms with Gasteiger partial charge in [-0.3, -0.25) is 4.79 Å². The van der Waals surface area contributed by atoms with E-state index in [1.54, 1.807) is 7.11 Å². The van der Waals surface area contributed by atoms with Crippen molar-refractivity contribution in [3.05, 3.63) is 35.4 Å². The molecular weight excluding hydrogens is 240 g/mol. The number of ether oxygens (including phenoxy) is 1.